The minimum atomic E-state index is -0.547. The maximum Gasteiger partial charge on any atom is 0.260 e. The average molecular weight is 779 g/mol. The molecular formula is C39H40F2N12O4. The van der Waals surface area contributed by atoms with Crippen molar-refractivity contribution in [3.05, 3.63) is 132 Å². The number of aromatic nitrogens is 6. The zero-order valence-electron chi connectivity index (χ0n) is 31.1. The van der Waals surface area contributed by atoms with Crippen LogP contribution in [0.25, 0.3) is 0 Å². The van der Waals surface area contributed by atoms with Gasteiger partial charge in [0.2, 0.25) is 0 Å². The number of halogens is 2. The van der Waals surface area contributed by atoms with Gasteiger partial charge in [-0.2, -0.15) is 0 Å². The third-order valence-electron chi connectivity index (χ3n) is 7.11. The number of amides is 2. The van der Waals surface area contributed by atoms with E-state index in [0.717, 1.165) is 30.2 Å². The normalized spacial score (nSPS) is 11.2. The minimum absolute atomic E-state index is 0. The number of aryl methyl sites for hydroxylation is 2. The molecule has 0 saturated carbocycles. The first-order valence-corrected chi connectivity index (χ1v) is 17.1. The van der Waals surface area contributed by atoms with Gasteiger partial charge in [0.25, 0.3) is 11.8 Å². The van der Waals surface area contributed by atoms with Crippen molar-refractivity contribution in [3.8, 4) is 23.0 Å². The van der Waals surface area contributed by atoms with Crippen LogP contribution in [-0.4, -0.2) is 53.4 Å². The summed E-state index contributed by atoms with van der Waals surface area (Å²) in [5, 5.41) is 5.40. The highest BCUT2D eigenvalue weighted by Gasteiger charge is 2.18. The Hall–Kier alpha value is -7.76. The van der Waals surface area contributed by atoms with Gasteiger partial charge in [-0.1, -0.05) is 19.1 Å². The average Bonchev–Trinajstić information content (AvgIpc) is 3.16. The van der Waals surface area contributed by atoms with Crippen molar-refractivity contribution in [2.45, 2.75) is 34.1 Å². The van der Waals surface area contributed by atoms with E-state index in [1.54, 1.807) is 38.1 Å². The number of hydrogen-bond donors (Lipinski definition) is 4. The number of rotatable bonds is 11. The zero-order valence-corrected chi connectivity index (χ0v) is 31.1. The van der Waals surface area contributed by atoms with Gasteiger partial charge in [-0.25, -0.2) is 38.7 Å². The second-order valence-corrected chi connectivity index (χ2v) is 11.9. The van der Waals surface area contributed by atoms with E-state index in [0.29, 0.717) is 11.6 Å². The first-order valence-electron chi connectivity index (χ1n) is 17.1. The number of ether oxygens (including phenoxy) is 2. The Morgan fingerprint density at radius 3 is 1.58 bits per heavy atom. The Morgan fingerprint density at radius 2 is 1.14 bits per heavy atom. The van der Waals surface area contributed by atoms with Gasteiger partial charge in [0, 0.05) is 26.4 Å². The summed E-state index contributed by atoms with van der Waals surface area (Å²) in [6, 6.07) is 15.8. The lowest BCUT2D eigenvalue weighted by molar-refractivity contribution is 0.101. The van der Waals surface area contributed by atoms with Crippen LogP contribution in [-0.2, 0) is 6.42 Å². The third-order valence-corrected chi connectivity index (χ3v) is 7.11. The number of carbonyl (C=O) groups excluding carboxylic acids is 2. The lowest BCUT2D eigenvalue weighted by atomic mass is 10.2. The smallest absolute Gasteiger partial charge is 0.260 e. The van der Waals surface area contributed by atoms with Gasteiger partial charge in [0.15, 0.2) is 11.6 Å². The minimum Gasteiger partial charge on any atom is -0.454 e. The molecule has 57 heavy (non-hydrogen) atoms. The Labute approximate surface area is 328 Å². The second-order valence-electron chi connectivity index (χ2n) is 11.9. The summed E-state index contributed by atoms with van der Waals surface area (Å²) in [7, 11) is 0. The van der Waals surface area contributed by atoms with Crippen LogP contribution in [0.2, 0.25) is 0 Å². The molecule has 16 nitrogen and oxygen atoms in total. The lowest BCUT2D eigenvalue weighted by Gasteiger charge is -2.10. The van der Waals surface area contributed by atoms with Crippen molar-refractivity contribution in [1.29, 1.82) is 0 Å². The Bertz CT molecular complexity index is 2470. The molecule has 6 N–H and O–H groups in total. The van der Waals surface area contributed by atoms with E-state index >= 15 is 0 Å². The number of carbonyl (C=O) groups is 2. The van der Waals surface area contributed by atoms with E-state index in [9.17, 15) is 18.4 Å². The van der Waals surface area contributed by atoms with Crippen molar-refractivity contribution in [1.82, 2.24) is 29.9 Å². The fourth-order valence-electron chi connectivity index (χ4n) is 4.73. The molecule has 0 unspecified atom stereocenters. The fraction of sp³-hybridized carbons (Fsp3) is 0.128. The highest BCUT2D eigenvalue weighted by Crippen LogP contribution is 2.28. The SMILES string of the molecule is C/C(N)=N/c1ncc(Oc2cncc(F)c2)cc1C(=O)Nc1cccc(C)n1.CCc1cccc(NC(=O)c2cc(Oc3cncc(F)c3)cnc2/N=C(/C)N)n1.[HH].[HH]. The standard InChI is InChI=1S/C20H19FN6O2.C19H17FN6O2.2H2/c1-3-14-5-4-6-18(26-14)27-20(28)17-8-16(11-24-19(17)25-12(2)22)29-15-7-13(21)9-23-10-15;1-11-4-3-5-17(24-11)26-19(27)16-7-15(10-23-18(16)25-12(2)21)28-14-6-13(20)8-22-9-14;;/h4-11H,3H2,1-2H3,(H2,22,24,25)(H,26,27,28);3-10H,1-2H3,(H2,21,23,25)(H,24,26,27);2*1H. The van der Waals surface area contributed by atoms with Gasteiger partial charge < -0.3 is 31.6 Å². The van der Waals surface area contributed by atoms with E-state index in [-0.39, 0.29) is 60.3 Å². The van der Waals surface area contributed by atoms with Gasteiger partial charge in [-0.05, 0) is 63.6 Å². The van der Waals surface area contributed by atoms with Crippen LogP contribution in [0.1, 0.15) is 55.7 Å². The molecule has 6 aromatic rings. The van der Waals surface area contributed by atoms with Crippen molar-refractivity contribution in [2.75, 3.05) is 10.6 Å². The highest BCUT2D eigenvalue weighted by atomic mass is 19.1. The molecule has 294 valence electrons. The van der Waals surface area contributed by atoms with Gasteiger partial charge in [-0.15, -0.1) is 0 Å². The quantitative estimate of drug-likeness (QED) is 0.0740. The molecule has 0 spiro atoms. The molecule has 0 aliphatic carbocycles. The Balaban J connectivity index is 0.000000305. The van der Waals surface area contributed by atoms with Crippen LogP contribution in [0.15, 0.2) is 108 Å². The molecular weight excluding hydrogens is 739 g/mol. The summed E-state index contributed by atoms with van der Waals surface area (Å²) in [5.74, 6) is 0.182. The molecule has 0 fully saturated rings. The van der Waals surface area contributed by atoms with Crippen molar-refractivity contribution in [3.63, 3.8) is 0 Å². The maximum absolute atomic E-state index is 13.3. The molecule has 0 aliphatic heterocycles. The first-order chi connectivity index (χ1) is 27.3. The fourth-order valence-corrected chi connectivity index (χ4v) is 4.73. The molecule has 2 amide bonds. The van der Waals surface area contributed by atoms with Crippen LogP contribution in [0.3, 0.4) is 0 Å². The van der Waals surface area contributed by atoms with Crippen LogP contribution >= 0.6 is 0 Å². The Morgan fingerprint density at radius 1 is 0.684 bits per heavy atom. The van der Waals surface area contributed by atoms with Crippen LogP contribution in [0.5, 0.6) is 23.0 Å². The second kappa shape index (κ2) is 19.0. The van der Waals surface area contributed by atoms with Crippen molar-refractivity contribution in [2.24, 2.45) is 21.5 Å². The first kappa shape index (κ1) is 40.4. The third kappa shape index (κ3) is 12.1. The number of aliphatic imine (C=N–C) groups is 2. The van der Waals surface area contributed by atoms with Gasteiger partial charge in [-0.3, -0.25) is 19.6 Å². The molecule has 18 heteroatoms. The Kier molecular flexibility index (Phi) is 13.5. The number of pyridine rings is 6. The van der Waals surface area contributed by atoms with E-state index in [2.05, 4.69) is 50.5 Å². The summed E-state index contributed by atoms with van der Waals surface area (Å²) >= 11 is 0. The number of nitrogens with two attached hydrogens (primary N) is 2. The lowest BCUT2D eigenvalue weighted by Crippen LogP contribution is -2.15. The zero-order chi connectivity index (χ0) is 40.9. The number of amidine groups is 2. The topological polar surface area (TPSA) is 231 Å². The molecule has 6 rings (SSSR count). The van der Waals surface area contributed by atoms with Crippen molar-refractivity contribution < 1.29 is 30.7 Å². The maximum atomic E-state index is 13.3. The number of nitrogens with one attached hydrogen (secondary N) is 2. The van der Waals surface area contributed by atoms with E-state index in [4.69, 9.17) is 20.9 Å². The number of hydrogen-bond acceptors (Lipinski definition) is 12. The van der Waals surface area contributed by atoms with Crippen LogP contribution in [0, 0.1) is 18.6 Å². The predicted molar refractivity (Wildman–Crippen MR) is 214 cm³/mol. The molecule has 0 aliphatic rings. The molecule has 0 aromatic carbocycles. The summed E-state index contributed by atoms with van der Waals surface area (Å²) in [4.78, 5) is 58.1. The van der Waals surface area contributed by atoms with E-state index in [1.807, 2.05) is 26.0 Å². The molecule has 0 radical (unpaired) electrons. The summed E-state index contributed by atoms with van der Waals surface area (Å²) < 4.78 is 37.7. The molecule has 0 atom stereocenters. The van der Waals surface area contributed by atoms with E-state index < -0.39 is 23.4 Å². The van der Waals surface area contributed by atoms with Crippen LogP contribution in [0.4, 0.5) is 32.1 Å². The summed E-state index contributed by atoms with van der Waals surface area (Å²) in [6.45, 7) is 6.94. The van der Waals surface area contributed by atoms with Crippen LogP contribution < -0.4 is 31.6 Å². The van der Waals surface area contributed by atoms with E-state index in [1.165, 1.54) is 49.1 Å². The molecule has 0 saturated heterocycles. The molecule has 0 bridgehead atoms. The predicted octanol–water partition coefficient (Wildman–Crippen LogP) is 7.49. The number of nitrogens with zero attached hydrogens (tertiary/aromatic N) is 8. The van der Waals surface area contributed by atoms with Crippen molar-refractivity contribution >= 4 is 46.8 Å². The summed E-state index contributed by atoms with van der Waals surface area (Å²) in [6.07, 6.45) is 8.25. The number of anilines is 2. The highest BCUT2D eigenvalue weighted by molar-refractivity contribution is 6.08. The van der Waals surface area contributed by atoms with Gasteiger partial charge >= 0.3 is 0 Å². The van der Waals surface area contributed by atoms with Gasteiger partial charge in [0.1, 0.15) is 46.3 Å². The van der Waals surface area contributed by atoms with Gasteiger partial charge in [0.05, 0.1) is 60.0 Å². The molecule has 6 aromatic heterocycles. The monoisotopic (exact) mass is 778 g/mol. The molecule has 6 heterocycles. The largest absolute Gasteiger partial charge is 0.454 e. The summed E-state index contributed by atoms with van der Waals surface area (Å²) in [5.41, 5.74) is 13.1.